The molecular formula is C17H25ClN2. The molecule has 2 nitrogen and oxygen atoms in total. The van der Waals surface area contributed by atoms with Crippen LogP contribution in [0.2, 0.25) is 5.02 Å². The Bertz CT molecular complexity index is 452. The molecule has 0 aromatic heterocycles. The van der Waals surface area contributed by atoms with Gasteiger partial charge in [0.05, 0.1) is 10.7 Å². The predicted octanol–water partition coefficient (Wildman–Crippen LogP) is 4.22. The van der Waals surface area contributed by atoms with Gasteiger partial charge in [0, 0.05) is 25.7 Å². The minimum atomic E-state index is 0.741. The fourth-order valence-electron chi connectivity index (χ4n) is 2.77. The highest BCUT2D eigenvalue weighted by Gasteiger charge is 2.26. The molecule has 0 radical (unpaired) electrons. The Morgan fingerprint density at radius 3 is 2.70 bits per heavy atom. The molecule has 0 atom stereocenters. The third-order valence-corrected chi connectivity index (χ3v) is 4.52. The topological polar surface area (TPSA) is 15.3 Å². The molecule has 3 heteroatoms. The maximum Gasteiger partial charge on any atom is 0.0642 e. The smallest absolute Gasteiger partial charge is 0.0642 e. The molecule has 0 amide bonds. The maximum atomic E-state index is 6.53. The number of benzene rings is 1. The van der Waals surface area contributed by atoms with E-state index in [4.69, 9.17) is 11.6 Å². The summed E-state index contributed by atoms with van der Waals surface area (Å²) < 4.78 is 0. The second-order valence-corrected chi connectivity index (χ2v) is 6.70. The molecule has 1 N–H and O–H groups in total. The molecule has 1 aromatic carbocycles. The Kier molecular flexibility index (Phi) is 4.52. The zero-order chi connectivity index (χ0) is 13.9. The fourth-order valence-corrected chi connectivity index (χ4v) is 3.09. The molecule has 2 aliphatic rings. The Labute approximate surface area is 127 Å². The molecule has 0 aliphatic heterocycles. The molecule has 0 spiro atoms. The van der Waals surface area contributed by atoms with Gasteiger partial charge in [-0.1, -0.05) is 30.7 Å². The Hall–Kier alpha value is -0.730. The van der Waals surface area contributed by atoms with Crippen molar-refractivity contribution in [3.63, 3.8) is 0 Å². The summed E-state index contributed by atoms with van der Waals surface area (Å²) in [5, 5.41) is 4.53. The lowest BCUT2D eigenvalue weighted by atomic mass is 10.1. The van der Waals surface area contributed by atoms with Gasteiger partial charge in [-0.25, -0.2) is 0 Å². The third kappa shape index (κ3) is 3.67. The molecule has 2 saturated carbocycles. The summed E-state index contributed by atoms with van der Waals surface area (Å²) in [7, 11) is 0. The van der Waals surface area contributed by atoms with Crippen LogP contribution in [-0.4, -0.2) is 19.1 Å². The van der Waals surface area contributed by atoms with Crippen LogP contribution in [0.15, 0.2) is 18.2 Å². The van der Waals surface area contributed by atoms with Crippen LogP contribution >= 0.6 is 11.6 Å². The van der Waals surface area contributed by atoms with Crippen LogP contribution in [0.25, 0.3) is 0 Å². The Morgan fingerprint density at radius 1 is 1.25 bits per heavy atom. The number of para-hydroxylation sites is 1. The number of hydrogen-bond donors (Lipinski definition) is 1. The zero-order valence-corrected chi connectivity index (χ0v) is 13.1. The first-order chi connectivity index (χ1) is 9.78. The first-order valence-electron chi connectivity index (χ1n) is 8.03. The van der Waals surface area contributed by atoms with Gasteiger partial charge < -0.3 is 10.2 Å². The number of hydrogen-bond acceptors (Lipinski definition) is 2. The van der Waals surface area contributed by atoms with Gasteiger partial charge in [-0.2, -0.15) is 0 Å². The quantitative estimate of drug-likeness (QED) is 0.772. The summed E-state index contributed by atoms with van der Waals surface area (Å²) in [4.78, 5) is 2.52. The number of nitrogens with one attached hydrogen (secondary N) is 1. The molecule has 2 aliphatic carbocycles. The van der Waals surface area contributed by atoms with Crippen molar-refractivity contribution >= 4 is 17.3 Å². The lowest BCUT2D eigenvalue weighted by Crippen LogP contribution is -2.29. The van der Waals surface area contributed by atoms with Crippen molar-refractivity contribution in [3.05, 3.63) is 28.8 Å². The molecule has 20 heavy (non-hydrogen) atoms. The zero-order valence-electron chi connectivity index (χ0n) is 12.4. The summed E-state index contributed by atoms with van der Waals surface area (Å²) in [5.41, 5.74) is 2.63. The molecule has 1 aromatic rings. The highest BCUT2D eigenvalue weighted by atomic mass is 35.5. The average molecular weight is 293 g/mol. The van der Waals surface area contributed by atoms with Crippen LogP contribution in [-0.2, 0) is 6.54 Å². The van der Waals surface area contributed by atoms with E-state index in [1.54, 1.807) is 0 Å². The van der Waals surface area contributed by atoms with Gasteiger partial charge in [-0.05, 0) is 49.7 Å². The monoisotopic (exact) mass is 292 g/mol. The molecule has 3 rings (SSSR count). The van der Waals surface area contributed by atoms with Crippen molar-refractivity contribution in [2.24, 2.45) is 5.92 Å². The summed E-state index contributed by atoms with van der Waals surface area (Å²) >= 11 is 6.53. The molecule has 2 fully saturated rings. The average Bonchev–Trinajstić information content (AvgIpc) is 3.31. The molecule has 0 saturated heterocycles. The van der Waals surface area contributed by atoms with E-state index in [0.29, 0.717) is 0 Å². The van der Waals surface area contributed by atoms with Crippen LogP contribution in [0.1, 0.15) is 44.6 Å². The summed E-state index contributed by atoms with van der Waals surface area (Å²) in [6, 6.07) is 7.08. The van der Waals surface area contributed by atoms with E-state index in [1.165, 1.54) is 49.9 Å². The van der Waals surface area contributed by atoms with Crippen molar-refractivity contribution in [3.8, 4) is 0 Å². The van der Waals surface area contributed by atoms with Gasteiger partial charge in [-0.15, -0.1) is 0 Å². The van der Waals surface area contributed by atoms with Gasteiger partial charge >= 0.3 is 0 Å². The summed E-state index contributed by atoms with van der Waals surface area (Å²) in [5.74, 6) is 0.891. The second kappa shape index (κ2) is 6.36. The highest BCUT2D eigenvalue weighted by molar-refractivity contribution is 6.33. The number of nitrogens with zero attached hydrogens (tertiary/aromatic N) is 1. The number of rotatable bonds is 8. The van der Waals surface area contributed by atoms with E-state index in [9.17, 15) is 0 Å². The molecule has 110 valence electrons. The van der Waals surface area contributed by atoms with E-state index in [1.807, 2.05) is 6.07 Å². The third-order valence-electron chi connectivity index (χ3n) is 4.21. The highest BCUT2D eigenvalue weighted by Crippen LogP contribution is 2.36. The summed E-state index contributed by atoms with van der Waals surface area (Å²) in [6.07, 6.45) is 6.61. The van der Waals surface area contributed by atoms with Crippen LogP contribution in [0, 0.1) is 5.92 Å². The lowest BCUT2D eigenvalue weighted by molar-refractivity contribution is 0.671. The standard InChI is InChI=1S/C17H25ClN2/c1-2-10-20(12-13-6-7-13)17-14(4-3-5-16(17)18)11-19-15-8-9-15/h3-5,13,15,19H,2,6-12H2,1H3. The molecule has 0 unspecified atom stereocenters. The van der Waals surface area contributed by atoms with Gasteiger partial charge in [0.25, 0.3) is 0 Å². The minimum Gasteiger partial charge on any atom is -0.370 e. The van der Waals surface area contributed by atoms with Gasteiger partial charge in [0.2, 0.25) is 0 Å². The first kappa shape index (κ1) is 14.2. The second-order valence-electron chi connectivity index (χ2n) is 6.29. The Morgan fingerprint density at radius 2 is 2.05 bits per heavy atom. The Balaban J connectivity index is 1.78. The fraction of sp³-hybridized carbons (Fsp3) is 0.647. The SMILES string of the molecule is CCCN(CC1CC1)c1c(Cl)cccc1CNC1CC1. The number of halogens is 1. The van der Waals surface area contributed by atoms with Crippen molar-refractivity contribution in [2.45, 2.75) is 51.6 Å². The van der Waals surface area contributed by atoms with Gasteiger partial charge in [0.15, 0.2) is 0 Å². The normalized spacial score (nSPS) is 18.3. The minimum absolute atomic E-state index is 0.741. The van der Waals surface area contributed by atoms with Crippen molar-refractivity contribution in [1.29, 1.82) is 0 Å². The van der Waals surface area contributed by atoms with Crippen LogP contribution in [0.4, 0.5) is 5.69 Å². The predicted molar refractivity (Wildman–Crippen MR) is 86.5 cm³/mol. The molecule has 0 heterocycles. The van der Waals surface area contributed by atoms with Gasteiger partial charge in [0.1, 0.15) is 0 Å². The lowest BCUT2D eigenvalue weighted by Gasteiger charge is -2.28. The van der Waals surface area contributed by atoms with Crippen molar-refractivity contribution < 1.29 is 0 Å². The van der Waals surface area contributed by atoms with E-state index in [-0.39, 0.29) is 0 Å². The van der Waals surface area contributed by atoms with E-state index in [0.717, 1.165) is 30.1 Å². The van der Waals surface area contributed by atoms with Crippen LogP contribution < -0.4 is 10.2 Å². The van der Waals surface area contributed by atoms with Crippen molar-refractivity contribution in [2.75, 3.05) is 18.0 Å². The maximum absolute atomic E-state index is 6.53. The van der Waals surface area contributed by atoms with Crippen LogP contribution in [0.3, 0.4) is 0 Å². The molecule has 0 bridgehead atoms. The van der Waals surface area contributed by atoms with E-state index >= 15 is 0 Å². The van der Waals surface area contributed by atoms with Crippen LogP contribution in [0.5, 0.6) is 0 Å². The summed E-state index contributed by atoms with van der Waals surface area (Å²) in [6.45, 7) is 5.48. The van der Waals surface area contributed by atoms with Crippen molar-refractivity contribution in [1.82, 2.24) is 5.32 Å². The first-order valence-corrected chi connectivity index (χ1v) is 8.41. The number of anilines is 1. The largest absolute Gasteiger partial charge is 0.370 e. The van der Waals surface area contributed by atoms with E-state index < -0.39 is 0 Å². The van der Waals surface area contributed by atoms with Gasteiger partial charge in [-0.3, -0.25) is 0 Å². The van der Waals surface area contributed by atoms with E-state index in [2.05, 4.69) is 29.3 Å². The molecular weight excluding hydrogens is 268 g/mol.